The summed E-state index contributed by atoms with van der Waals surface area (Å²) in [4.78, 5) is 10.8. The fourth-order valence-corrected chi connectivity index (χ4v) is 2.61. The minimum absolute atomic E-state index is 0. The number of carboxylic acids is 1. The maximum absolute atomic E-state index is 10.8. The predicted octanol–water partition coefficient (Wildman–Crippen LogP) is -1.65. The second-order valence-corrected chi connectivity index (χ2v) is 5.03. The number of aromatic carboxylic acids is 1. The van der Waals surface area contributed by atoms with Gasteiger partial charge in [-0.05, 0) is 30.5 Å². The van der Waals surface area contributed by atoms with Gasteiger partial charge in [0.15, 0.2) is 6.23 Å². The molecule has 1 aliphatic rings. The van der Waals surface area contributed by atoms with Gasteiger partial charge in [-0.2, -0.15) is 5.10 Å². The summed E-state index contributed by atoms with van der Waals surface area (Å²) in [5.41, 5.74) is 1.06. The average molecular weight is 266 g/mol. The molecule has 0 amide bonds. The van der Waals surface area contributed by atoms with Crippen molar-refractivity contribution in [3.63, 3.8) is 0 Å². The summed E-state index contributed by atoms with van der Waals surface area (Å²) in [5.74, 6) is -0.769. The molecule has 2 heterocycles. The molecule has 2 atom stereocenters. The first-order valence-electron chi connectivity index (χ1n) is 6.47. The molecule has 6 heteroatoms. The van der Waals surface area contributed by atoms with Gasteiger partial charge in [-0.1, -0.05) is 13.0 Å². The number of nitrogens with zero attached hydrogens (tertiary/aromatic N) is 2. The first-order chi connectivity index (χ1) is 9.16. The molecule has 0 spiro atoms. The number of hydrogen-bond donors (Lipinski definition) is 0. The van der Waals surface area contributed by atoms with Crippen molar-refractivity contribution in [2.45, 2.75) is 26.0 Å². The fourth-order valence-electron chi connectivity index (χ4n) is 2.61. The number of rotatable bonds is 2. The molecule has 0 bridgehead atoms. The maximum atomic E-state index is 10.8. The van der Waals surface area contributed by atoms with Gasteiger partial charge < -0.3 is 14.6 Å². The van der Waals surface area contributed by atoms with Gasteiger partial charge in [-0.25, -0.2) is 4.68 Å². The third-order valence-electron chi connectivity index (χ3n) is 3.65. The van der Waals surface area contributed by atoms with Crippen LogP contribution in [0.2, 0.25) is 0 Å². The van der Waals surface area contributed by atoms with E-state index in [1.165, 1.54) is 0 Å². The number of carbonyl (C=O) groups is 1. The number of fused-ring (bicyclic) bond motifs is 1. The molecule has 100 valence electrons. The van der Waals surface area contributed by atoms with Crippen molar-refractivity contribution in [1.29, 1.82) is 0 Å². The maximum Gasteiger partial charge on any atom is 1.00 e. The van der Waals surface area contributed by atoms with E-state index >= 15 is 0 Å². The Morgan fingerprint density at radius 2 is 2.30 bits per heavy atom. The van der Waals surface area contributed by atoms with E-state index in [1.54, 1.807) is 24.4 Å². The molecule has 0 radical (unpaired) electrons. The van der Waals surface area contributed by atoms with Gasteiger partial charge in [-0.15, -0.1) is 0 Å². The van der Waals surface area contributed by atoms with E-state index in [-0.39, 0.29) is 30.7 Å². The van der Waals surface area contributed by atoms with Gasteiger partial charge in [0.05, 0.1) is 17.7 Å². The first kappa shape index (κ1) is 15.1. The fraction of sp³-hybridized carbons (Fsp3) is 0.429. The molecule has 0 N–H and O–H groups in total. The summed E-state index contributed by atoms with van der Waals surface area (Å²) in [6.45, 7) is 2.89. The van der Waals surface area contributed by atoms with Crippen LogP contribution < -0.4 is 24.0 Å². The van der Waals surface area contributed by atoms with E-state index in [2.05, 4.69) is 12.0 Å². The van der Waals surface area contributed by atoms with E-state index in [9.17, 15) is 9.90 Å². The molecule has 0 aliphatic carbocycles. The Kier molecular flexibility index (Phi) is 4.54. The van der Waals surface area contributed by atoms with E-state index in [1.807, 2.05) is 4.68 Å². The van der Waals surface area contributed by atoms with Crippen molar-refractivity contribution in [2.24, 2.45) is 5.92 Å². The number of carbonyl (C=O) groups excluding carboxylic acids is 1. The molecule has 1 saturated heterocycles. The topological polar surface area (TPSA) is 67.2 Å². The second kappa shape index (κ2) is 6.00. The SMILES string of the molecule is CC1CCCOC1n1ncc2cc(C(=O)[O-])ccc21.[Li+]. The van der Waals surface area contributed by atoms with Crippen molar-refractivity contribution < 1.29 is 33.5 Å². The number of ether oxygens (including phenoxy) is 1. The molecule has 3 rings (SSSR count). The van der Waals surface area contributed by atoms with E-state index in [4.69, 9.17) is 4.74 Å². The molecule has 1 aromatic carbocycles. The van der Waals surface area contributed by atoms with E-state index in [0.29, 0.717) is 5.92 Å². The summed E-state index contributed by atoms with van der Waals surface area (Å²) >= 11 is 0. The normalized spacial score (nSPS) is 22.4. The van der Waals surface area contributed by atoms with E-state index in [0.717, 1.165) is 30.4 Å². The number of carboxylic acid groups (broad SMARTS) is 1. The number of hydrogen-bond acceptors (Lipinski definition) is 4. The van der Waals surface area contributed by atoms with Crippen LogP contribution in [0.25, 0.3) is 10.9 Å². The molecule has 1 aliphatic heterocycles. The van der Waals surface area contributed by atoms with Gasteiger partial charge in [0, 0.05) is 17.9 Å². The van der Waals surface area contributed by atoms with E-state index < -0.39 is 5.97 Å². The number of aromatic nitrogens is 2. The van der Waals surface area contributed by atoms with Crippen LogP contribution in [0.4, 0.5) is 0 Å². The first-order valence-corrected chi connectivity index (χ1v) is 6.47. The third kappa shape index (κ3) is 2.62. The zero-order valence-electron chi connectivity index (χ0n) is 11.7. The zero-order chi connectivity index (χ0) is 13.4. The van der Waals surface area contributed by atoms with Crippen molar-refractivity contribution in [3.05, 3.63) is 30.0 Å². The Labute approximate surface area is 129 Å². The molecule has 5 nitrogen and oxygen atoms in total. The zero-order valence-corrected chi connectivity index (χ0v) is 11.7. The Hall–Kier alpha value is -1.28. The van der Waals surface area contributed by atoms with Crippen molar-refractivity contribution >= 4 is 16.9 Å². The van der Waals surface area contributed by atoms with Gasteiger partial charge in [0.1, 0.15) is 0 Å². The molecule has 2 unspecified atom stereocenters. The van der Waals surface area contributed by atoms with Crippen molar-refractivity contribution in [3.8, 4) is 0 Å². The Morgan fingerprint density at radius 3 is 3.00 bits per heavy atom. The molecule has 1 fully saturated rings. The summed E-state index contributed by atoms with van der Waals surface area (Å²) in [6, 6.07) is 4.89. The Bertz CT molecular complexity index is 626. The Morgan fingerprint density at radius 1 is 1.50 bits per heavy atom. The summed E-state index contributed by atoms with van der Waals surface area (Å²) in [7, 11) is 0. The molecule has 2 aromatic rings. The third-order valence-corrected chi connectivity index (χ3v) is 3.65. The van der Waals surface area contributed by atoms with Gasteiger partial charge in [-0.3, -0.25) is 0 Å². The van der Waals surface area contributed by atoms with Crippen LogP contribution in [0.15, 0.2) is 24.4 Å². The summed E-state index contributed by atoms with van der Waals surface area (Å²) in [5, 5.41) is 16.0. The van der Waals surface area contributed by atoms with Crippen molar-refractivity contribution in [1.82, 2.24) is 9.78 Å². The van der Waals surface area contributed by atoms with Crippen LogP contribution >= 0.6 is 0 Å². The number of benzene rings is 1. The monoisotopic (exact) mass is 266 g/mol. The minimum atomic E-state index is -1.17. The minimum Gasteiger partial charge on any atom is -0.545 e. The molecule has 0 saturated carbocycles. The summed E-state index contributed by atoms with van der Waals surface area (Å²) in [6.07, 6.45) is 3.79. The molecular formula is C14H15LiN2O3. The largest absolute Gasteiger partial charge is 1.00 e. The van der Waals surface area contributed by atoms with Crippen LogP contribution in [0, 0.1) is 5.92 Å². The molecule has 20 heavy (non-hydrogen) atoms. The second-order valence-electron chi connectivity index (χ2n) is 5.03. The average Bonchev–Trinajstić information content (AvgIpc) is 2.82. The van der Waals surface area contributed by atoms with Crippen LogP contribution in [0.5, 0.6) is 0 Å². The van der Waals surface area contributed by atoms with Crippen LogP contribution in [0.1, 0.15) is 36.4 Å². The summed E-state index contributed by atoms with van der Waals surface area (Å²) < 4.78 is 7.64. The Balaban J connectivity index is 0.00000147. The molecule has 1 aromatic heterocycles. The van der Waals surface area contributed by atoms with Gasteiger partial charge in [0.2, 0.25) is 0 Å². The van der Waals surface area contributed by atoms with Gasteiger partial charge >= 0.3 is 18.9 Å². The standard InChI is InChI=1S/C14H16N2O3.Li/c1-9-3-2-6-19-13(9)16-12-5-4-10(14(17)18)7-11(12)8-15-16;/h4-5,7-9,13H,2-3,6H2,1H3,(H,17,18);/q;+1/p-1. The van der Waals surface area contributed by atoms with Crippen molar-refractivity contribution in [2.75, 3.05) is 6.61 Å². The predicted molar refractivity (Wildman–Crippen MR) is 67.5 cm³/mol. The molecular weight excluding hydrogens is 251 g/mol. The quantitative estimate of drug-likeness (QED) is 0.611. The van der Waals surface area contributed by atoms with Crippen LogP contribution in [0.3, 0.4) is 0 Å². The van der Waals surface area contributed by atoms with Crippen LogP contribution in [-0.4, -0.2) is 22.4 Å². The smallest absolute Gasteiger partial charge is 0.545 e. The van der Waals surface area contributed by atoms with Gasteiger partial charge in [0.25, 0.3) is 0 Å². The van der Waals surface area contributed by atoms with Crippen LogP contribution in [-0.2, 0) is 4.74 Å².